The number of nitrogens with zero attached hydrogens (tertiary/aromatic N) is 1. The van der Waals surface area contributed by atoms with Gasteiger partial charge in [0.05, 0.1) is 10.7 Å². The summed E-state index contributed by atoms with van der Waals surface area (Å²) >= 11 is 7.13. The van der Waals surface area contributed by atoms with Gasteiger partial charge in [-0.2, -0.15) is 0 Å². The standard InChI is InChI=1S/C12H10ClFN2O2S/c1-7(17)15-12-16-9(6-19-12)5-18-11-3-2-8(14)4-10(11)13/h2-4,6H,5H2,1H3,(H,15,16,17). The number of anilines is 1. The second kappa shape index (κ2) is 5.99. The number of amides is 1. The lowest BCUT2D eigenvalue weighted by molar-refractivity contribution is -0.114. The molecular formula is C12H10ClFN2O2S. The molecule has 0 aliphatic carbocycles. The zero-order chi connectivity index (χ0) is 13.8. The summed E-state index contributed by atoms with van der Waals surface area (Å²) in [6.45, 7) is 1.61. The van der Waals surface area contributed by atoms with Gasteiger partial charge in [-0.1, -0.05) is 11.6 Å². The van der Waals surface area contributed by atoms with Crippen LogP contribution in [0, 0.1) is 5.82 Å². The molecule has 100 valence electrons. The third-order valence-corrected chi connectivity index (χ3v) is 3.21. The van der Waals surface area contributed by atoms with Crippen LogP contribution in [0.4, 0.5) is 9.52 Å². The predicted molar refractivity (Wildman–Crippen MR) is 72.2 cm³/mol. The van der Waals surface area contributed by atoms with Crippen LogP contribution in [-0.4, -0.2) is 10.9 Å². The molecule has 0 atom stereocenters. The number of carbonyl (C=O) groups excluding carboxylic acids is 1. The first-order valence-corrected chi connectivity index (χ1v) is 6.60. The van der Waals surface area contributed by atoms with E-state index >= 15 is 0 Å². The van der Waals surface area contributed by atoms with E-state index in [2.05, 4.69) is 10.3 Å². The van der Waals surface area contributed by atoms with Crippen LogP contribution in [0.1, 0.15) is 12.6 Å². The Labute approximate surface area is 118 Å². The molecule has 4 nitrogen and oxygen atoms in total. The zero-order valence-electron chi connectivity index (χ0n) is 9.94. The molecule has 0 unspecified atom stereocenters. The summed E-state index contributed by atoms with van der Waals surface area (Å²) < 4.78 is 18.3. The number of hydrogen-bond acceptors (Lipinski definition) is 4. The maximum atomic E-state index is 12.8. The van der Waals surface area contributed by atoms with E-state index in [9.17, 15) is 9.18 Å². The minimum Gasteiger partial charge on any atom is -0.486 e. The highest BCUT2D eigenvalue weighted by molar-refractivity contribution is 7.13. The number of rotatable bonds is 4. The molecule has 0 aliphatic heterocycles. The first-order valence-electron chi connectivity index (χ1n) is 5.34. The van der Waals surface area contributed by atoms with Gasteiger partial charge in [0.15, 0.2) is 5.13 Å². The normalized spacial score (nSPS) is 10.3. The minimum atomic E-state index is -0.418. The SMILES string of the molecule is CC(=O)Nc1nc(COc2ccc(F)cc2Cl)cs1. The van der Waals surface area contributed by atoms with Crippen molar-refractivity contribution < 1.29 is 13.9 Å². The van der Waals surface area contributed by atoms with Crippen molar-refractivity contribution in [3.63, 3.8) is 0 Å². The van der Waals surface area contributed by atoms with Crippen LogP contribution in [0.25, 0.3) is 0 Å². The molecule has 1 aromatic carbocycles. The molecular weight excluding hydrogens is 291 g/mol. The van der Waals surface area contributed by atoms with Crippen LogP contribution in [-0.2, 0) is 11.4 Å². The summed E-state index contributed by atoms with van der Waals surface area (Å²) in [5.74, 6) is -0.209. The van der Waals surface area contributed by atoms with Gasteiger partial charge < -0.3 is 10.1 Å². The van der Waals surface area contributed by atoms with Crippen LogP contribution in [0.5, 0.6) is 5.75 Å². The fourth-order valence-electron chi connectivity index (χ4n) is 1.33. The van der Waals surface area contributed by atoms with Crippen molar-refractivity contribution >= 4 is 34.0 Å². The minimum absolute atomic E-state index is 0.177. The third-order valence-electron chi connectivity index (χ3n) is 2.10. The molecule has 7 heteroatoms. The monoisotopic (exact) mass is 300 g/mol. The molecule has 0 fully saturated rings. The first kappa shape index (κ1) is 13.8. The molecule has 0 aliphatic rings. The third kappa shape index (κ3) is 3.90. The van der Waals surface area contributed by atoms with Crippen molar-refractivity contribution in [2.45, 2.75) is 13.5 Å². The highest BCUT2D eigenvalue weighted by atomic mass is 35.5. The molecule has 19 heavy (non-hydrogen) atoms. The van der Waals surface area contributed by atoms with Crippen molar-refractivity contribution in [1.29, 1.82) is 0 Å². The molecule has 2 rings (SSSR count). The smallest absolute Gasteiger partial charge is 0.223 e. The molecule has 0 bridgehead atoms. The zero-order valence-corrected chi connectivity index (χ0v) is 11.5. The lowest BCUT2D eigenvalue weighted by Gasteiger charge is -2.06. The average Bonchev–Trinajstić information content (AvgIpc) is 2.74. The summed E-state index contributed by atoms with van der Waals surface area (Å²) in [6, 6.07) is 3.91. The van der Waals surface area contributed by atoms with Gasteiger partial charge in [0.1, 0.15) is 18.2 Å². The van der Waals surface area contributed by atoms with Crippen LogP contribution in [0.2, 0.25) is 5.02 Å². The van der Waals surface area contributed by atoms with Gasteiger partial charge in [-0.05, 0) is 18.2 Å². The molecule has 0 radical (unpaired) electrons. The molecule has 0 spiro atoms. The largest absolute Gasteiger partial charge is 0.486 e. The van der Waals surface area contributed by atoms with Crippen LogP contribution < -0.4 is 10.1 Å². The number of hydrogen-bond donors (Lipinski definition) is 1. The highest BCUT2D eigenvalue weighted by Gasteiger charge is 2.06. The van der Waals surface area contributed by atoms with Crippen molar-refractivity contribution in [3.05, 3.63) is 40.1 Å². The summed E-state index contributed by atoms with van der Waals surface area (Å²) in [7, 11) is 0. The molecule has 2 aromatic rings. The van der Waals surface area contributed by atoms with Crippen molar-refractivity contribution in [2.75, 3.05) is 5.32 Å². The molecule has 1 amide bonds. The number of ether oxygens (including phenoxy) is 1. The number of nitrogens with one attached hydrogen (secondary N) is 1. The van der Waals surface area contributed by atoms with E-state index < -0.39 is 5.82 Å². The van der Waals surface area contributed by atoms with Gasteiger partial charge in [0.2, 0.25) is 5.91 Å². The Hall–Kier alpha value is -1.66. The fraction of sp³-hybridized carbons (Fsp3) is 0.167. The van der Waals surface area contributed by atoms with Crippen LogP contribution in [0.3, 0.4) is 0 Å². The van der Waals surface area contributed by atoms with Crippen LogP contribution in [0.15, 0.2) is 23.6 Å². The summed E-state index contributed by atoms with van der Waals surface area (Å²) in [6.07, 6.45) is 0. The van der Waals surface area contributed by atoms with E-state index in [1.54, 1.807) is 5.38 Å². The second-order valence-corrected chi connectivity index (χ2v) is 4.95. The maximum Gasteiger partial charge on any atom is 0.223 e. The van der Waals surface area contributed by atoms with E-state index in [4.69, 9.17) is 16.3 Å². The first-order chi connectivity index (χ1) is 9.04. The van der Waals surface area contributed by atoms with Crippen molar-refractivity contribution in [2.24, 2.45) is 0 Å². The quantitative estimate of drug-likeness (QED) is 0.940. The summed E-state index contributed by atoms with van der Waals surface area (Å²) in [5, 5.41) is 5.06. The topological polar surface area (TPSA) is 51.2 Å². The van der Waals surface area contributed by atoms with E-state index in [1.165, 1.54) is 36.5 Å². The number of thiazole rings is 1. The molecule has 1 heterocycles. The predicted octanol–water partition coefficient (Wildman–Crippen LogP) is 3.47. The van der Waals surface area contributed by atoms with Crippen LogP contribution >= 0.6 is 22.9 Å². The Morgan fingerprint density at radius 3 is 3.05 bits per heavy atom. The lowest BCUT2D eigenvalue weighted by atomic mass is 10.3. The number of halogens is 2. The van der Waals surface area contributed by atoms with Crippen molar-refractivity contribution in [1.82, 2.24) is 4.98 Å². The average molecular weight is 301 g/mol. The molecule has 1 N–H and O–H groups in total. The van der Waals surface area contributed by atoms with Crippen molar-refractivity contribution in [3.8, 4) is 5.75 Å². The molecule has 0 saturated carbocycles. The van der Waals surface area contributed by atoms with Gasteiger partial charge in [-0.15, -0.1) is 11.3 Å². The summed E-state index contributed by atoms with van der Waals surface area (Å²) in [4.78, 5) is 15.0. The lowest BCUT2D eigenvalue weighted by Crippen LogP contribution is -2.05. The van der Waals surface area contributed by atoms with Gasteiger partial charge >= 0.3 is 0 Å². The Morgan fingerprint density at radius 1 is 1.58 bits per heavy atom. The Morgan fingerprint density at radius 2 is 2.37 bits per heavy atom. The van der Waals surface area contributed by atoms with E-state index in [1.807, 2.05) is 0 Å². The maximum absolute atomic E-state index is 12.8. The Kier molecular flexibility index (Phi) is 4.34. The van der Waals surface area contributed by atoms with E-state index in [0.717, 1.165) is 0 Å². The van der Waals surface area contributed by atoms with Gasteiger partial charge in [-0.25, -0.2) is 9.37 Å². The summed E-state index contributed by atoms with van der Waals surface area (Å²) in [5.41, 5.74) is 0.661. The fourth-order valence-corrected chi connectivity index (χ4v) is 2.29. The van der Waals surface area contributed by atoms with E-state index in [-0.39, 0.29) is 17.5 Å². The highest BCUT2D eigenvalue weighted by Crippen LogP contribution is 2.26. The second-order valence-electron chi connectivity index (χ2n) is 3.69. The van der Waals surface area contributed by atoms with Gasteiger partial charge in [-0.3, -0.25) is 4.79 Å². The van der Waals surface area contributed by atoms with E-state index in [0.29, 0.717) is 16.6 Å². The Bertz CT molecular complexity index is 603. The van der Waals surface area contributed by atoms with Gasteiger partial charge in [0.25, 0.3) is 0 Å². The number of carbonyl (C=O) groups is 1. The number of benzene rings is 1. The van der Waals surface area contributed by atoms with Gasteiger partial charge in [0, 0.05) is 12.3 Å². The molecule has 1 aromatic heterocycles. The molecule has 0 saturated heterocycles. The number of aromatic nitrogens is 1. The Balaban J connectivity index is 1.98.